The first-order valence-electron chi connectivity index (χ1n) is 11.5. The lowest BCUT2D eigenvalue weighted by Gasteiger charge is -2.43. The number of nitrogens with zero attached hydrogens (tertiary/aromatic N) is 1. The molecule has 0 saturated carbocycles. The summed E-state index contributed by atoms with van der Waals surface area (Å²) in [6.07, 6.45) is 0.729. The summed E-state index contributed by atoms with van der Waals surface area (Å²) in [5, 5.41) is 0. The first-order valence-corrected chi connectivity index (χ1v) is 7.98. The Labute approximate surface area is 148 Å². The number of rotatable bonds is 4. The molecule has 1 aromatic carbocycles. The van der Waals surface area contributed by atoms with Crippen molar-refractivity contribution in [2.75, 3.05) is 27.2 Å². The molecule has 2 heterocycles. The van der Waals surface area contributed by atoms with Crippen LogP contribution in [0.1, 0.15) is 53.5 Å². The van der Waals surface area contributed by atoms with Gasteiger partial charge in [-0.3, -0.25) is 9.69 Å². The summed E-state index contributed by atoms with van der Waals surface area (Å²) in [6.45, 7) is 2.28. The standard InChI is InChI=1S/C19H27NO3/c1-12(2)7-14-11-20-6-5-13-8-18(22-3)19(23-4)9-15(13)16(20)10-17(14)21/h8-9,12,14,16H,5-7,10-11H2,1-4H3/i4D3,8D,9D,11D2. The maximum atomic E-state index is 12.9. The highest BCUT2D eigenvalue weighted by Gasteiger charge is 2.38. The lowest BCUT2D eigenvalue weighted by molar-refractivity contribution is -0.129. The third-order valence-electron chi connectivity index (χ3n) is 4.47. The number of ether oxygens (including phenoxy) is 2. The largest absolute Gasteiger partial charge is 0.493 e. The van der Waals surface area contributed by atoms with E-state index in [1.165, 1.54) is 7.11 Å². The van der Waals surface area contributed by atoms with Crippen LogP contribution in [0.4, 0.5) is 0 Å². The van der Waals surface area contributed by atoms with Crippen molar-refractivity contribution in [3.63, 3.8) is 0 Å². The fourth-order valence-electron chi connectivity index (χ4n) is 3.38. The summed E-state index contributed by atoms with van der Waals surface area (Å²) in [4.78, 5) is 14.5. The average Bonchev–Trinajstić information content (AvgIpc) is 2.61. The lowest BCUT2D eigenvalue weighted by Crippen LogP contribution is -2.46. The molecule has 3 rings (SSSR count). The Morgan fingerprint density at radius 1 is 1.43 bits per heavy atom. The van der Waals surface area contributed by atoms with Gasteiger partial charge in [-0.25, -0.2) is 0 Å². The van der Waals surface area contributed by atoms with Gasteiger partial charge >= 0.3 is 0 Å². The molecule has 0 bridgehead atoms. The summed E-state index contributed by atoms with van der Waals surface area (Å²) >= 11 is 0. The van der Waals surface area contributed by atoms with Gasteiger partial charge in [-0.15, -0.1) is 0 Å². The minimum Gasteiger partial charge on any atom is -0.493 e. The van der Waals surface area contributed by atoms with E-state index < -0.39 is 25.5 Å². The quantitative estimate of drug-likeness (QED) is 0.852. The molecule has 0 spiro atoms. The van der Waals surface area contributed by atoms with Gasteiger partial charge in [0.05, 0.1) is 21.0 Å². The Bertz CT molecular complexity index is 854. The zero-order valence-corrected chi connectivity index (χ0v) is 13.7. The van der Waals surface area contributed by atoms with Crippen LogP contribution in [-0.4, -0.2) is 37.9 Å². The first-order chi connectivity index (χ1) is 13.8. The van der Waals surface area contributed by atoms with Gasteiger partial charge < -0.3 is 9.47 Å². The summed E-state index contributed by atoms with van der Waals surface area (Å²) in [5.41, 5.74) is 0.758. The topological polar surface area (TPSA) is 38.8 Å². The van der Waals surface area contributed by atoms with E-state index in [0.717, 1.165) is 0 Å². The number of piperidine rings is 1. The molecule has 2 aliphatic rings. The average molecular weight is 324 g/mol. The molecule has 2 aliphatic heterocycles. The van der Waals surface area contributed by atoms with Gasteiger partial charge in [-0.1, -0.05) is 13.8 Å². The molecular weight excluding hydrogens is 290 g/mol. The molecule has 1 fully saturated rings. The number of fused-ring (bicyclic) bond motifs is 3. The monoisotopic (exact) mass is 324 g/mol. The predicted octanol–water partition coefficient (Wildman–Crippen LogP) is 3.24. The number of hydrogen-bond donors (Lipinski definition) is 0. The highest BCUT2D eigenvalue weighted by atomic mass is 16.5. The molecular formula is C19H27NO3. The van der Waals surface area contributed by atoms with Crippen LogP contribution in [0.3, 0.4) is 0 Å². The fraction of sp³-hybridized carbons (Fsp3) is 0.632. The van der Waals surface area contributed by atoms with E-state index in [1.54, 1.807) is 4.90 Å². The number of hydrogen-bond acceptors (Lipinski definition) is 4. The van der Waals surface area contributed by atoms with Gasteiger partial charge in [0, 0.05) is 34.2 Å². The van der Waals surface area contributed by atoms with Crippen molar-refractivity contribution in [1.82, 2.24) is 4.90 Å². The van der Waals surface area contributed by atoms with E-state index in [4.69, 9.17) is 19.1 Å². The van der Waals surface area contributed by atoms with Crippen LogP contribution < -0.4 is 9.47 Å². The van der Waals surface area contributed by atoms with Gasteiger partial charge in [0.25, 0.3) is 0 Å². The second kappa shape index (κ2) is 6.52. The van der Waals surface area contributed by atoms with Gasteiger partial charge in [-0.2, -0.15) is 0 Å². The predicted molar refractivity (Wildman–Crippen MR) is 90.1 cm³/mol. The van der Waals surface area contributed by atoms with E-state index in [1.807, 2.05) is 13.8 Å². The molecule has 1 aromatic rings. The molecule has 23 heavy (non-hydrogen) atoms. The van der Waals surface area contributed by atoms with E-state index in [-0.39, 0.29) is 47.3 Å². The molecule has 2 atom stereocenters. The second-order valence-corrected chi connectivity index (χ2v) is 6.55. The Morgan fingerprint density at radius 3 is 2.91 bits per heavy atom. The summed E-state index contributed by atoms with van der Waals surface area (Å²) in [7, 11) is -1.57. The maximum absolute atomic E-state index is 12.9. The van der Waals surface area contributed by atoms with Gasteiger partial charge in [-0.05, 0) is 42.0 Å². The molecule has 126 valence electrons. The van der Waals surface area contributed by atoms with E-state index in [2.05, 4.69) is 0 Å². The third kappa shape index (κ3) is 3.09. The van der Waals surface area contributed by atoms with E-state index >= 15 is 0 Å². The number of ketones is 1. The zero-order chi connectivity index (χ0) is 22.6. The van der Waals surface area contributed by atoms with Crippen LogP contribution in [0.2, 0.25) is 0 Å². The van der Waals surface area contributed by atoms with Crippen molar-refractivity contribution in [3.8, 4) is 11.5 Å². The Hall–Kier alpha value is -1.55. The van der Waals surface area contributed by atoms with Crippen molar-refractivity contribution in [3.05, 3.63) is 23.2 Å². The summed E-state index contributed by atoms with van der Waals surface area (Å²) < 4.78 is 66.9. The Morgan fingerprint density at radius 2 is 2.22 bits per heavy atom. The van der Waals surface area contributed by atoms with Crippen LogP contribution in [0.15, 0.2) is 12.1 Å². The zero-order valence-electron chi connectivity index (χ0n) is 20.7. The number of carbonyl (C=O) groups excluding carboxylic acids is 1. The molecule has 0 amide bonds. The minimum absolute atomic E-state index is 0.00868. The number of benzene rings is 1. The summed E-state index contributed by atoms with van der Waals surface area (Å²) in [5.74, 6) is -1.34. The normalized spacial score (nSPS) is 31.5. The second-order valence-electron chi connectivity index (χ2n) is 6.55. The number of carbonyl (C=O) groups is 1. The molecule has 1 saturated heterocycles. The van der Waals surface area contributed by atoms with Gasteiger partial charge in [0.15, 0.2) is 11.5 Å². The van der Waals surface area contributed by atoms with Crippen LogP contribution in [0, 0.1) is 11.8 Å². The molecule has 4 nitrogen and oxygen atoms in total. The van der Waals surface area contributed by atoms with Crippen molar-refractivity contribution < 1.29 is 23.9 Å². The fourth-order valence-corrected chi connectivity index (χ4v) is 3.38. The maximum Gasteiger partial charge on any atom is 0.161 e. The molecule has 0 aromatic heterocycles. The highest BCUT2D eigenvalue weighted by molar-refractivity contribution is 5.83. The minimum atomic E-state index is -2.85. The summed E-state index contributed by atoms with van der Waals surface area (Å²) in [6, 6.07) is -1.10. The van der Waals surface area contributed by atoms with Crippen molar-refractivity contribution in [2.24, 2.45) is 11.8 Å². The molecule has 4 heteroatoms. The molecule has 0 radical (unpaired) electrons. The number of methoxy groups -OCH3 is 2. The smallest absolute Gasteiger partial charge is 0.161 e. The Balaban J connectivity index is 2.15. The van der Waals surface area contributed by atoms with Crippen LogP contribution in [0.25, 0.3) is 0 Å². The highest BCUT2D eigenvalue weighted by Crippen LogP contribution is 2.42. The van der Waals surface area contributed by atoms with E-state index in [9.17, 15) is 4.79 Å². The van der Waals surface area contributed by atoms with Crippen molar-refractivity contribution in [1.29, 1.82) is 0 Å². The molecule has 0 N–H and O–H groups in total. The van der Waals surface area contributed by atoms with Crippen LogP contribution in [-0.2, 0) is 11.2 Å². The number of Topliss-reactive ketones (excluding diaryl/α,β-unsaturated/α-hetero) is 1. The van der Waals surface area contributed by atoms with E-state index in [0.29, 0.717) is 24.9 Å². The SMILES string of the molecule is [2H]c1c2c(c([2H])c(OC([2H])([2H])[2H])c1OC)C1CC(=O)C(CC(C)C)C([2H])([2H])N1CC2. The Kier molecular flexibility index (Phi) is 2.74. The van der Waals surface area contributed by atoms with Crippen LogP contribution >= 0.6 is 0 Å². The first kappa shape index (κ1) is 9.67. The van der Waals surface area contributed by atoms with Crippen molar-refractivity contribution >= 4 is 5.78 Å². The third-order valence-corrected chi connectivity index (χ3v) is 4.47. The van der Waals surface area contributed by atoms with Crippen molar-refractivity contribution in [2.45, 2.75) is 39.2 Å². The van der Waals surface area contributed by atoms with Gasteiger partial charge in [0.1, 0.15) is 5.78 Å². The molecule has 0 aliphatic carbocycles. The lowest BCUT2D eigenvalue weighted by atomic mass is 9.80. The molecule has 2 unspecified atom stereocenters. The van der Waals surface area contributed by atoms with Crippen LogP contribution in [0.5, 0.6) is 11.5 Å². The van der Waals surface area contributed by atoms with Gasteiger partial charge in [0.2, 0.25) is 0 Å².